The molecule has 1 aromatic carbocycles. The zero-order valence-corrected chi connectivity index (χ0v) is 10.2. The first-order valence-corrected chi connectivity index (χ1v) is 6.27. The van der Waals surface area contributed by atoms with Gasteiger partial charge in [0.15, 0.2) is 5.78 Å². The number of benzene rings is 1. The van der Waals surface area contributed by atoms with Gasteiger partial charge in [-0.05, 0) is 31.4 Å². The zero-order chi connectivity index (χ0) is 12.3. The molecule has 0 aliphatic heterocycles. The third-order valence-corrected chi connectivity index (χ3v) is 3.62. The number of hydrogen-bond donors (Lipinski definition) is 0. The van der Waals surface area contributed by atoms with Gasteiger partial charge in [-0.1, -0.05) is 31.4 Å². The molecule has 0 spiro atoms. The molecule has 1 aromatic rings. The molecular formula is C15H17NO. The van der Waals surface area contributed by atoms with Crippen LogP contribution in [-0.4, -0.2) is 5.78 Å². The summed E-state index contributed by atoms with van der Waals surface area (Å²) in [5.41, 5.74) is 2.26. The fraction of sp³-hybridized carbons (Fsp3) is 0.467. The van der Waals surface area contributed by atoms with E-state index >= 15 is 0 Å². The van der Waals surface area contributed by atoms with Crippen molar-refractivity contribution >= 4 is 5.78 Å². The zero-order valence-electron chi connectivity index (χ0n) is 10.2. The molecule has 1 saturated carbocycles. The first-order valence-electron chi connectivity index (χ1n) is 6.27. The first kappa shape index (κ1) is 11.9. The van der Waals surface area contributed by atoms with Crippen LogP contribution >= 0.6 is 0 Å². The Balaban J connectivity index is 2.22. The van der Waals surface area contributed by atoms with E-state index in [2.05, 4.69) is 6.07 Å². The van der Waals surface area contributed by atoms with Gasteiger partial charge in [0.25, 0.3) is 0 Å². The van der Waals surface area contributed by atoms with Crippen LogP contribution in [0, 0.1) is 24.2 Å². The van der Waals surface area contributed by atoms with Crippen molar-refractivity contribution < 1.29 is 4.79 Å². The van der Waals surface area contributed by atoms with Crippen LogP contribution in [-0.2, 0) is 0 Å². The van der Waals surface area contributed by atoms with E-state index in [1.54, 1.807) is 6.07 Å². The van der Waals surface area contributed by atoms with Crippen molar-refractivity contribution in [3.8, 4) is 6.07 Å². The van der Waals surface area contributed by atoms with Crippen molar-refractivity contribution in [3.63, 3.8) is 0 Å². The first-order chi connectivity index (χ1) is 8.22. The second kappa shape index (κ2) is 5.14. The molecule has 0 aromatic heterocycles. The number of rotatable bonds is 2. The van der Waals surface area contributed by atoms with Crippen LogP contribution in [0.3, 0.4) is 0 Å². The van der Waals surface area contributed by atoms with Crippen molar-refractivity contribution in [2.45, 2.75) is 39.0 Å². The third kappa shape index (κ3) is 2.55. The molecule has 1 fully saturated rings. The van der Waals surface area contributed by atoms with Crippen molar-refractivity contribution in [3.05, 3.63) is 34.9 Å². The lowest BCUT2D eigenvalue weighted by atomic mass is 9.83. The summed E-state index contributed by atoms with van der Waals surface area (Å²) >= 11 is 0. The average Bonchev–Trinajstić information content (AvgIpc) is 2.39. The molecule has 1 aliphatic carbocycles. The Labute approximate surface area is 102 Å². The summed E-state index contributed by atoms with van der Waals surface area (Å²) < 4.78 is 0. The van der Waals surface area contributed by atoms with E-state index in [-0.39, 0.29) is 11.7 Å². The number of nitriles is 1. The van der Waals surface area contributed by atoms with Crippen LogP contribution in [0.4, 0.5) is 0 Å². The summed E-state index contributed by atoms with van der Waals surface area (Å²) in [7, 11) is 0. The van der Waals surface area contributed by atoms with Crippen LogP contribution in [0.5, 0.6) is 0 Å². The topological polar surface area (TPSA) is 40.9 Å². The molecule has 88 valence electrons. The highest BCUT2D eigenvalue weighted by Crippen LogP contribution is 2.27. The molecule has 0 N–H and O–H groups in total. The molecule has 0 amide bonds. The molecule has 1 aliphatic rings. The average molecular weight is 227 g/mol. The van der Waals surface area contributed by atoms with Crippen LogP contribution in [0.1, 0.15) is 53.6 Å². The maximum Gasteiger partial charge on any atom is 0.165 e. The van der Waals surface area contributed by atoms with Crippen molar-refractivity contribution in [1.82, 2.24) is 0 Å². The Hall–Kier alpha value is -1.62. The molecule has 0 atom stereocenters. The molecule has 0 heterocycles. The third-order valence-electron chi connectivity index (χ3n) is 3.62. The molecule has 2 nitrogen and oxygen atoms in total. The minimum Gasteiger partial charge on any atom is -0.294 e. The van der Waals surface area contributed by atoms with Gasteiger partial charge in [0, 0.05) is 11.5 Å². The van der Waals surface area contributed by atoms with Crippen LogP contribution in [0.15, 0.2) is 18.2 Å². The van der Waals surface area contributed by atoms with Crippen LogP contribution < -0.4 is 0 Å². The molecule has 17 heavy (non-hydrogen) atoms. The fourth-order valence-corrected chi connectivity index (χ4v) is 2.50. The maximum atomic E-state index is 12.3. The highest BCUT2D eigenvalue weighted by molar-refractivity contribution is 5.98. The molecule has 0 unspecified atom stereocenters. The Bertz CT molecular complexity index is 464. The number of hydrogen-bond acceptors (Lipinski definition) is 2. The smallest absolute Gasteiger partial charge is 0.165 e. The molecule has 2 heteroatoms. The van der Waals surface area contributed by atoms with Gasteiger partial charge in [-0.15, -0.1) is 0 Å². The highest BCUT2D eigenvalue weighted by atomic mass is 16.1. The summed E-state index contributed by atoms with van der Waals surface area (Å²) in [5, 5.41) is 8.97. The largest absolute Gasteiger partial charge is 0.294 e. The second-order valence-electron chi connectivity index (χ2n) is 4.84. The number of Topliss-reactive ketones (excluding diaryl/α,β-unsaturated/α-hetero) is 1. The normalized spacial score (nSPS) is 16.5. The van der Waals surface area contributed by atoms with Gasteiger partial charge >= 0.3 is 0 Å². The minimum absolute atomic E-state index is 0.179. The van der Waals surface area contributed by atoms with E-state index in [0.29, 0.717) is 11.1 Å². The van der Waals surface area contributed by atoms with Gasteiger partial charge in [-0.25, -0.2) is 0 Å². The Morgan fingerprint density at radius 3 is 2.65 bits per heavy atom. The molecular weight excluding hydrogens is 210 g/mol. The van der Waals surface area contributed by atoms with Gasteiger partial charge in [-0.3, -0.25) is 4.79 Å². The van der Waals surface area contributed by atoms with E-state index in [9.17, 15) is 4.79 Å². The predicted molar refractivity (Wildman–Crippen MR) is 66.8 cm³/mol. The summed E-state index contributed by atoms with van der Waals surface area (Å²) in [6, 6.07) is 7.61. The van der Waals surface area contributed by atoms with Gasteiger partial charge < -0.3 is 0 Å². The standard InChI is InChI=1S/C15H17NO/c1-11-7-8-13(9-14(11)10-16)15(17)12-5-3-2-4-6-12/h7-9,12H,2-6H2,1H3. The Morgan fingerprint density at radius 2 is 2.00 bits per heavy atom. The SMILES string of the molecule is Cc1ccc(C(=O)C2CCCCC2)cc1C#N. The van der Waals surface area contributed by atoms with E-state index in [1.165, 1.54) is 6.42 Å². The quantitative estimate of drug-likeness (QED) is 0.724. The van der Waals surface area contributed by atoms with E-state index in [1.807, 2.05) is 19.1 Å². The minimum atomic E-state index is 0.179. The Kier molecular flexibility index (Phi) is 3.58. The van der Waals surface area contributed by atoms with E-state index in [0.717, 1.165) is 31.2 Å². The van der Waals surface area contributed by atoms with Gasteiger partial charge in [0.1, 0.15) is 0 Å². The van der Waals surface area contributed by atoms with E-state index in [4.69, 9.17) is 5.26 Å². The second-order valence-corrected chi connectivity index (χ2v) is 4.84. The van der Waals surface area contributed by atoms with Crippen molar-refractivity contribution in [2.75, 3.05) is 0 Å². The van der Waals surface area contributed by atoms with E-state index < -0.39 is 0 Å². The van der Waals surface area contributed by atoms with Crippen molar-refractivity contribution in [2.24, 2.45) is 5.92 Å². The van der Waals surface area contributed by atoms with Gasteiger partial charge in [0.05, 0.1) is 11.6 Å². The lowest BCUT2D eigenvalue weighted by Gasteiger charge is -2.20. The van der Waals surface area contributed by atoms with Crippen LogP contribution in [0.25, 0.3) is 0 Å². The summed E-state index contributed by atoms with van der Waals surface area (Å²) in [4.78, 5) is 12.3. The fourth-order valence-electron chi connectivity index (χ4n) is 2.50. The number of carbonyl (C=O) groups is 1. The maximum absolute atomic E-state index is 12.3. The number of ketones is 1. The van der Waals surface area contributed by atoms with Crippen LogP contribution in [0.2, 0.25) is 0 Å². The molecule has 0 bridgehead atoms. The number of nitrogens with zero attached hydrogens (tertiary/aromatic N) is 1. The monoisotopic (exact) mass is 227 g/mol. The Morgan fingerprint density at radius 1 is 1.29 bits per heavy atom. The lowest BCUT2D eigenvalue weighted by Crippen LogP contribution is -2.18. The number of aryl methyl sites for hydroxylation is 1. The summed E-state index contributed by atoms with van der Waals surface area (Å²) in [6.07, 6.45) is 5.59. The lowest BCUT2D eigenvalue weighted by molar-refractivity contribution is 0.0889. The number of carbonyl (C=O) groups excluding carboxylic acids is 1. The molecule has 0 saturated heterocycles. The summed E-state index contributed by atoms with van der Waals surface area (Å²) in [6.45, 7) is 1.90. The van der Waals surface area contributed by atoms with Crippen molar-refractivity contribution in [1.29, 1.82) is 5.26 Å². The highest BCUT2D eigenvalue weighted by Gasteiger charge is 2.22. The van der Waals surface area contributed by atoms with Gasteiger partial charge in [-0.2, -0.15) is 5.26 Å². The molecule has 2 rings (SSSR count). The molecule has 0 radical (unpaired) electrons. The predicted octanol–water partition coefficient (Wildman–Crippen LogP) is 3.63. The van der Waals surface area contributed by atoms with Gasteiger partial charge in [0.2, 0.25) is 0 Å². The summed E-state index contributed by atoms with van der Waals surface area (Å²) in [5.74, 6) is 0.402.